The molecule has 2 aliphatic rings. The van der Waals surface area contributed by atoms with Gasteiger partial charge in [-0.2, -0.15) is 0 Å². The molecular weight excluding hydrogens is 256 g/mol. The average Bonchev–Trinajstić information content (AvgIpc) is 2.57. The predicted molar refractivity (Wildman–Crippen MR) is 74.4 cm³/mol. The summed E-state index contributed by atoms with van der Waals surface area (Å²) in [6.07, 6.45) is 3.96. The van der Waals surface area contributed by atoms with Crippen LogP contribution in [0, 0.1) is 6.92 Å². The lowest BCUT2D eigenvalue weighted by Crippen LogP contribution is -2.57. The highest BCUT2D eigenvalue weighted by Crippen LogP contribution is 2.48. The van der Waals surface area contributed by atoms with E-state index < -0.39 is 17.4 Å². The minimum absolute atomic E-state index is 0.447. The van der Waals surface area contributed by atoms with Crippen LogP contribution in [0.5, 0.6) is 0 Å². The quantitative estimate of drug-likeness (QED) is 0.856. The van der Waals surface area contributed by atoms with Gasteiger partial charge in [-0.15, -0.1) is 0 Å². The molecular formula is C15H20N2O3. The first-order chi connectivity index (χ1) is 9.46. The topological polar surface area (TPSA) is 62.7 Å². The maximum absolute atomic E-state index is 12.3. The second-order valence-electron chi connectivity index (χ2n) is 5.92. The zero-order chi connectivity index (χ0) is 14.4. The number of hydrogen-bond donors (Lipinski definition) is 1. The van der Waals surface area contributed by atoms with Gasteiger partial charge < -0.3 is 9.84 Å². The Morgan fingerprint density at radius 1 is 1.30 bits per heavy atom. The lowest BCUT2D eigenvalue weighted by atomic mass is 9.77. The normalized spacial score (nSPS) is 28.8. The fourth-order valence-corrected chi connectivity index (χ4v) is 3.36. The minimum atomic E-state index is -1.36. The number of amides is 1. The standard InChI is InChI=1S/C15H20N2O3/c1-11-7-6-8-12(16-11)17-13(18)20-15(14(17,2)19)9-4-3-5-10-15/h6-8,19H,3-5,9-10H2,1-2H3/t14-/m1/s1. The van der Waals surface area contributed by atoms with Crippen molar-refractivity contribution in [2.24, 2.45) is 0 Å². The first kappa shape index (κ1) is 13.4. The van der Waals surface area contributed by atoms with Crippen LogP contribution in [0.2, 0.25) is 0 Å². The van der Waals surface area contributed by atoms with Gasteiger partial charge in [0.05, 0.1) is 0 Å². The number of anilines is 1. The summed E-state index contributed by atoms with van der Waals surface area (Å²) >= 11 is 0. The van der Waals surface area contributed by atoms with Gasteiger partial charge in [0.1, 0.15) is 5.82 Å². The molecule has 1 saturated heterocycles. The Balaban J connectivity index is 2.02. The van der Waals surface area contributed by atoms with Crippen molar-refractivity contribution < 1.29 is 14.6 Å². The molecule has 1 amide bonds. The van der Waals surface area contributed by atoms with Crippen LogP contribution in [0.1, 0.15) is 44.7 Å². The lowest BCUT2D eigenvalue weighted by molar-refractivity contribution is -0.115. The van der Waals surface area contributed by atoms with Crippen molar-refractivity contribution in [3.05, 3.63) is 23.9 Å². The van der Waals surface area contributed by atoms with Crippen LogP contribution in [-0.4, -0.2) is 27.5 Å². The van der Waals surface area contributed by atoms with E-state index >= 15 is 0 Å². The second-order valence-corrected chi connectivity index (χ2v) is 5.92. The van der Waals surface area contributed by atoms with E-state index in [0.717, 1.165) is 25.0 Å². The number of aryl methyl sites for hydroxylation is 1. The average molecular weight is 276 g/mol. The van der Waals surface area contributed by atoms with Crippen LogP contribution in [0.3, 0.4) is 0 Å². The van der Waals surface area contributed by atoms with Crippen molar-refractivity contribution in [1.29, 1.82) is 0 Å². The Bertz CT molecular complexity index is 536. The van der Waals surface area contributed by atoms with Gasteiger partial charge in [0.25, 0.3) is 0 Å². The second kappa shape index (κ2) is 4.45. The van der Waals surface area contributed by atoms with Gasteiger partial charge in [-0.25, -0.2) is 14.7 Å². The summed E-state index contributed by atoms with van der Waals surface area (Å²) in [6.45, 7) is 3.52. The highest BCUT2D eigenvalue weighted by Gasteiger charge is 2.62. The first-order valence-corrected chi connectivity index (χ1v) is 7.16. The number of hydrogen-bond acceptors (Lipinski definition) is 4. The Kier molecular flexibility index (Phi) is 2.97. The van der Waals surface area contributed by atoms with Gasteiger partial charge in [-0.3, -0.25) is 0 Å². The summed E-state index contributed by atoms with van der Waals surface area (Å²) < 4.78 is 5.61. The molecule has 2 fully saturated rings. The molecule has 3 rings (SSSR count). The summed E-state index contributed by atoms with van der Waals surface area (Å²) in [5, 5.41) is 11.0. The SMILES string of the molecule is Cc1cccc(N2C(=O)OC3(CCCCC3)[C@@]2(C)O)n1. The third-order valence-electron chi connectivity index (χ3n) is 4.53. The monoisotopic (exact) mass is 276 g/mol. The molecule has 1 saturated carbocycles. The minimum Gasteiger partial charge on any atom is -0.437 e. The van der Waals surface area contributed by atoms with Gasteiger partial charge in [0.15, 0.2) is 11.3 Å². The third-order valence-corrected chi connectivity index (χ3v) is 4.53. The van der Waals surface area contributed by atoms with Crippen LogP contribution in [0.25, 0.3) is 0 Å². The molecule has 1 aromatic heterocycles. The van der Waals surface area contributed by atoms with Gasteiger partial charge in [-0.05, 0) is 51.7 Å². The Morgan fingerprint density at radius 3 is 2.65 bits per heavy atom. The maximum Gasteiger partial charge on any atom is 0.418 e. The molecule has 0 unspecified atom stereocenters. The molecule has 1 aliphatic heterocycles. The number of carbonyl (C=O) groups is 1. The molecule has 1 aliphatic carbocycles. The molecule has 1 atom stereocenters. The van der Waals surface area contributed by atoms with Crippen LogP contribution in [-0.2, 0) is 4.74 Å². The first-order valence-electron chi connectivity index (χ1n) is 7.16. The Hall–Kier alpha value is -1.62. The van der Waals surface area contributed by atoms with Crippen LogP contribution < -0.4 is 4.90 Å². The molecule has 2 heterocycles. The molecule has 108 valence electrons. The molecule has 0 aromatic carbocycles. The Morgan fingerprint density at radius 2 is 2.00 bits per heavy atom. The van der Waals surface area contributed by atoms with E-state index in [4.69, 9.17) is 4.74 Å². The molecule has 0 bridgehead atoms. The summed E-state index contributed by atoms with van der Waals surface area (Å²) in [6, 6.07) is 5.41. The Labute approximate surface area is 118 Å². The van der Waals surface area contributed by atoms with Gasteiger partial charge in [-0.1, -0.05) is 12.5 Å². The predicted octanol–water partition coefficient (Wildman–Crippen LogP) is 2.76. The lowest BCUT2D eigenvalue weighted by Gasteiger charge is -2.41. The number of aliphatic hydroxyl groups is 1. The summed E-state index contributed by atoms with van der Waals surface area (Å²) in [7, 11) is 0. The van der Waals surface area contributed by atoms with Gasteiger partial charge in [0, 0.05) is 5.69 Å². The third kappa shape index (κ3) is 1.80. The molecule has 5 nitrogen and oxygen atoms in total. The zero-order valence-corrected chi connectivity index (χ0v) is 11.9. The van der Waals surface area contributed by atoms with Crippen molar-refractivity contribution in [1.82, 2.24) is 4.98 Å². The van der Waals surface area contributed by atoms with Crippen molar-refractivity contribution in [2.45, 2.75) is 57.3 Å². The molecule has 1 N–H and O–H groups in total. The van der Waals surface area contributed by atoms with E-state index in [0.29, 0.717) is 18.7 Å². The van der Waals surface area contributed by atoms with Crippen molar-refractivity contribution >= 4 is 11.9 Å². The van der Waals surface area contributed by atoms with E-state index in [2.05, 4.69) is 4.98 Å². The maximum atomic E-state index is 12.3. The summed E-state index contributed by atoms with van der Waals surface area (Å²) in [5.41, 5.74) is -1.35. The molecule has 20 heavy (non-hydrogen) atoms. The summed E-state index contributed by atoms with van der Waals surface area (Å²) in [5.74, 6) is 0.447. The van der Waals surface area contributed by atoms with Crippen LogP contribution in [0.15, 0.2) is 18.2 Å². The molecule has 1 aromatic rings. The number of aromatic nitrogens is 1. The van der Waals surface area contributed by atoms with Gasteiger partial charge in [0.2, 0.25) is 0 Å². The van der Waals surface area contributed by atoms with Gasteiger partial charge >= 0.3 is 6.09 Å². The number of rotatable bonds is 1. The molecule has 1 spiro atoms. The van der Waals surface area contributed by atoms with E-state index in [1.807, 2.05) is 19.1 Å². The van der Waals surface area contributed by atoms with E-state index in [-0.39, 0.29) is 0 Å². The number of ether oxygens (including phenoxy) is 1. The number of nitrogens with zero attached hydrogens (tertiary/aromatic N) is 2. The van der Waals surface area contributed by atoms with Crippen LogP contribution >= 0.6 is 0 Å². The summed E-state index contributed by atoms with van der Waals surface area (Å²) in [4.78, 5) is 17.9. The molecule has 0 radical (unpaired) electrons. The fraction of sp³-hybridized carbons (Fsp3) is 0.600. The van der Waals surface area contributed by atoms with Crippen molar-refractivity contribution in [3.63, 3.8) is 0 Å². The smallest absolute Gasteiger partial charge is 0.418 e. The number of carbonyl (C=O) groups excluding carboxylic acids is 1. The fourth-order valence-electron chi connectivity index (χ4n) is 3.36. The van der Waals surface area contributed by atoms with E-state index in [1.54, 1.807) is 13.0 Å². The highest BCUT2D eigenvalue weighted by molar-refractivity contribution is 5.91. The number of pyridine rings is 1. The highest BCUT2D eigenvalue weighted by atomic mass is 16.6. The van der Waals surface area contributed by atoms with E-state index in [9.17, 15) is 9.90 Å². The van der Waals surface area contributed by atoms with Crippen molar-refractivity contribution in [2.75, 3.05) is 4.90 Å². The zero-order valence-electron chi connectivity index (χ0n) is 11.9. The van der Waals surface area contributed by atoms with E-state index in [1.165, 1.54) is 4.90 Å². The van der Waals surface area contributed by atoms with Crippen LogP contribution in [0.4, 0.5) is 10.6 Å². The molecule has 5 heteroatoms. The van der Waals surface area contributed by atoms with Crippen molar-refractivity contribution in [3.8, 4) is 0 Å². The largest absolute Gasteiger partial charge is 0.437 e.